The standard InChI is InChI=1S/C24H28Cl2N2OS/c1-3-20-21(17-5-6-18(25)19(26)10-17)28(4-2)23(30-20)27-22(29)24-11-14-7-15(12-24)9-16(8-14)13-24/h5-6,10,14-16H,3-4,7-9,11-13H2,1-2H3. The van der Waals surface area contributed by atoms with Crippen molar-refractivity contribution in [1.29, 1.82) is 0 Å². The normalized spacial score (nSPS) is 30.3. The summed E-state index contributed by atoms with van der Waals surface area (Å²) in [5, 5.41) is 1.10. The number of nitrogens with zero attached hydrogens (tertiary/aromatic N) is 2. The van der Waals surface area contributed by atoms with Crippen LogP contribution in [0.4, 0.5) is 0 Å². The molecule has 4 fully saturated rings. The predicted octanol–water partition coefficient (Wildman–Crippen LogP) is 6.75. The maximum atomic E-state index is 13.6. The topological polar surface area (TPSA) is 34.4 Å². The second-order valence-electron chi connectivity index (χ2n) is 9.50. The Kier molecular flexibility index (Phi) is 5.40. The summed E-state index contributed by atoms with van der Waals surface area (Å²) in [6.45, 7) is 5.03. The molecule has 4 bridgehead atoms. The van der Waals surface area contributed by atoms with Crippen LogP contribution in [0, 0.1) is 23.2 Å². The monoisotopic (exact) mass is 462 g/mol. The molecule has 1 heterocycles. The number of halogens is 2. The first-order valence-electron chi connectivity index (χ1n) is 11.2. The molecule has 30 heavy (non-hydrogen) atoms. The van der Waals surface area contributed by atoms with Gasteiger partial charge in [-0.25, -0.2) is 0 Å². The Morgan fingerprint density at radius 2 is 1.73 bits per heavy atom. The maximum Gasteiger partial charge on any atom is 0.254 e. The van der Waals surface area contributed by atoms with Crippen molar-refractivity contribution in [2.24, 2.45) is 28.2 Å². The molecule has 160 valence electrons. The fraction of sp³-hybridized carbons (Fsp3) is 0.583. The second kappa shape index (κ2) is 7.79. The van der Waals surface area contributed by atoms with E-state index in [0.717, 1.165) is 66.0 Å². The van der Waals surface area contributed by atoms with Crippen molar-refractivity contribution in [2.45, 2.75) is 65.3 Å². The molecule has 6 rings (SSSR count). The van der Waals surface area contributed by atoms with Gasteiger partial charge in [-0.05, 0) is 81.8 Å². The zero-order valence-electron chi connectivity index (χ0n) is 17.6. The minimum Gasteiger partial charge on any atom is -0.316 e. The number of aromatic nitrogens is 1. The van der Waals surface area contributed by atoms with E-state index in [1.165, 1.54) is 24.1 Å². The first-order chi connectivity index (χ1) is 14.4. The van der Waals surface area contributed by atoms with E-state index < -0.39 is 0 Å². The van der Waals surface area contributed by atoms with Crippen LogP contribution in [0.5, 0.6) is 0 Å². The smallest absolute Gasteiger partial charge is 0.254 e. The Balaban J connectivity index is 1.58. The van der Waals surface area contributed by atoms with E-state index in [1.807, 2.05) is 18.2 Å². The van der Waals surface area contributed by atoms with Gasteiger partial charge in [0.2, 0.25) is 0 Å². The van der Waals surface area contributed by atoms with Gasteiger partial charge >= 0.3 is 0 Å². The zero-order valence-corrected chi connectivity index (χ0v) is 19.9. The van der Waals surface area contributed by atoms with E-state index >= 15 is 0 Å². The largest absolute Gasteiger partial charge is 0.316 e. The molecule has 0 aliphatic heterocycles. The summed E-state index contributed by atoms with van der Waals surface area (Å²) in [6.07, 6.45) is 8.06. The third-order valence-electron chi connectivity index (χ3n) is 7.50. The number of hydrogen-bond acceptors (Lipinski definition) is 2. The van der Waals surface area contributed by atoms with Crippen molar-refractivity contribution in [3.8, 4) is 11.3 Å². The van der Waals surface area contributed by atoms with Crippen LogP contribution >= 0.6 is 34.5 Å². The van der Waals surface area contributed by atoms with Gasteiger partial charge in [-0.3, -0.25) is 4.79 Å². The van der Waals surface area contributed by atoms with Crippen molar-refractivity contribution >= 4 is 40.4 Å². The number of carbonyl (C=O) groups excluding carboxylic acids is 1. The molecule has 3 nitrogen and oxygen atoms in total. The molecule has 2 aromatic rings. The molecule has 4 aliphatic carbocycles. The number of thiazole rings is 1. The van der Waals surface area contributed by atoms with E-state index in [0.29, 0.717) is 10.0 Å². The van der Waals surface area contributed by atoms with Crippen molar-refractivity contribution in [3.63, 3.8) is 0 Å². The van der Waals surface area contributed by atoms with Gasteiger partial charge in [0.1, 0.15) is 0 Å². The molecule has 0 saturated heterocycles. The molecular formula is C24H28Cl2N2OS. The summed E-state index contributed by atoms with van der Waals surface area (Å²) >= 11 is 14.1. The van der Waals surface area contributed by atoms with Crippen LogP contribution in [0.15, 0.2) is 23.2 Å². The molecule has 1 aromatic carbocycles. The van der Waals surface area contributed by atoms with Gasteiger partial charge in [0.25, 0.3) is 5.91 Å². The van der Waals surface area contributed by atoms with Crippen molar-refractivity contribution < 1.29 is 4.79 Å². The fourth-order valence-corrected chi connectivity index (χ4v) is 8.06. The van der Waals surface area contributed by atoms with Crippen molar-refractivity contribution in [3.05, 3.63) is 37.9 Å². The third-order valence-corrected chi connectivity index (χ3v) is 9.46. The summed E-state index contributed by atoms with van der Waals surface area (Å²) in [5.41, 5.74) is 1.95. The first kappa shape index (κ1) is 20.8. The molecule has 0 radical (unpaired) electrons. The van der Waals surface area contributed by atoms with Gasteiger partial charge in [0, 0.05) is 17.0 Å². The maximum absolute atomic E-state index is 13.6. The van der Waals surface area contributed by atoms with Gasteiger partial charge in [-0.1, -0.05) is 36.2 Å². The molecular weight excluding hydrogens is 435 g/mol. The molecule has 4 aliphatic rings. The van der Waals surface area contributed by atoms with Crippen LogP contribution in [0.2, 0.25) is 10.0 Å². The van der Waals surface area contributed by atoms with Crippen LogP contribution in [-0.4, -0.2) is 10.5 Å². The van der Waals surface area contributed by atoms with E-state index in [9.17, 15) is 4.79 Å². The summed E-state index contributed by atoms with van der Waals surface area (Å²) in [4.78, 5) is 20.4. The third kappa shape index (κ3) is 3.40. The Hall–Kier alpha value is -1.10. The van der Waals surface area contributed by atoms with E-state index in [1.54, 1.807) is 11.3 Å². The zero-order chi connectivity index (χ0) is 21.0. The highest BCUT2D eigenvalue weighted by Crippen LogP contribution is 2.60. The quantitative estimate of drug-likeness (QED) is 0.494. The Labute approximate surface area is 192 Å². The molecule has 0 N–H and O–H groups in total. The summed E-state index contributed by atoms with van der Waals surface area (Å²) in [6, 6.07) is 5.77. The lowest BCUT2D eigenvalue weighted by Gasteiger charge is -2.55. The van der Waals surface area contributed by atoms with Crippen molar-refractivity contribution in [2.75, 3.05) is 0 Å². The lowest BCUT2D eigenvalue weighted by atomic mass is 9.49. The minimum atomic E-state index is -0.194. The van der Waals surface area contributed by atoms with Gasteiger partial charge in [0.15, 0.2) is 4.80 Å². The predicted molar refractivity (Wildman–Crippen MR) is 124 cm³/mol. The van der Waals surface area contributed by atoms with Crippen LogP contribution in [0.3, 0.4) is 0 Å². The highest BCUT2D eigenvalue weighted by atomic mass is 35.5. The number of rotatable bonds is 4. The van der Waals surface area contributed by atoms with Crippen LogP contribution in [-0.2, 0) is 17.8 Å². The highest BCUT2D eigenvalue weighted by molar-refractivity contribution is 7.09. The molecule has 0 unspecified atom stereocenters. The SMILES string of the molecule is CCc1sc(=NC(=O)C23CC4CC(CC(C4)C2)C3)n(CC)c1-c1ccc(Cl)c(Cl)c1. The van der Waals surface area contributed by atoms with Gasteiger partial charge in [-0.2, -0.15) is 4.99 Å². The average molecular weight is 463 g/mol. The summed E-state index contributed by atoms with van der Waals surface area (Å²) < 4.78 is 2.18. The molecule has 0 atom stereocenters. The summed E-state index contributed by atoms with van der Waals surface area (Å²) in [5.74, 6) is 2.37. The summed E-state index contributed by atoms with van der Waals surface area (Å²) in [7, 11) is 0. The Morgan fingerprint density at radius 1 is 1.10 bits per heavy atom. The number of carbonyl (C=O) groups is 1. The second-order valence-corrected chi connectivity index (χ2v) is 11.4. The first-order valence-corrected chi connectivity index (χ1v) is 12.8. The van der Waals surface area contributed by atoms with E-state index in [4.69, 9.17) is 28.2 Å². The Bertz CT molecular complexity index is 1030. The lowest BCUT2D eigenvalue weighted by Crippen LogP contribution is -2.49. The minimum absolute atomic E-state index is 0.133. The highest BCUT2D eigenvalue weighted by Gasteiger charge is 2.54. The van der Waals surface area contributed by atoms with Crippen molar-refractivity contribution in [1.82, 2.24) is 4.57 Å². The number of amides is 1. The number of aryl methyl sites for hydroxylation is 1. The molecule has 6 heteroatoms. The fourth-order valence-electron chi connectivity index (χ4n) is 6.61. The van der Waals surface area contributed by atoms with Gasteiger partial charge in [-0.15, -0.1) is 11.3 Å². The van der Waals surface area contributed by atoms with Gasteiger partial charge < -0.3 is 4.57 Å². The van der Waals surface area contributed by atoms with E-state index in [2.05, 4.69) is 18.4 Å². The van der Waals surface area contributed by atoms with Crippen LogP contribution in [0.1, 0.15) is 57.2 Å². The van der Waals surface area contributed by atoms with Crippen LogP contribution in [0.25, 0.3) is 11.3 Å². The van der Waals surface area contributed by atoms with E-state index in [-0.39, 0.29) is 11.3 Å². The molecule has 1 amide bonds. The van der Waals surface area contributed by atoms with Gasteiger partial charge in [0.05, 0.1) is 21.2 Å². The Morgan fingerprint density at radius 3 is 2.27 bits per heavy atom. The molecule has 1 aromatic heterocycles. The molecule has 0 spiro atoms. The number of hydrogen-bond donors (Lipinski definition) is 0. The molecule has 4 saturated carbocycles. The lowest BCUT2D eigenvalue weighted by molar-refractivity contribution is -0.142. The number of benzene rings is 1. The van der Waals surface area contributed by atoms with Crippen LogP contribution < -0.4 is 4.80 Å². The average Bonchev–Trinajstić information content (AvgIpc) is 3.06.